The summed E-state index contributed by atoms with van der Waals surface area (Å²) in [6.45, 7) is 3.76. The van der Waals surface area contributed by atoms with E-state index in [2.05, 4.69) is 33.2 Å². The van der Waals surface area contributed by atoms with Crippen molar-refractivity contribution in [2.75, 3.05) is 11.4 Å². The largest absolute Gasteiger partial charge is 0.434 e. The molecule has 3 amide bonds. The lowest BCUT2D eigenvalue weighted by molar-refractivity contribution is -0.120. The molecule has 0 aliphatic carbocycles. The van der Waals surface area contributed by atoms with Crippen molar-refractivity contribution in [3.8, 4) is 23.1 Å². The summed E-state index contributed by atoms with van der Waals surface area (Å²) in [6.07, 6.45) is 3.57. The van der Waals surface area contributed by atoms with E-state index in [1.807, 2.05) is 23.7 Å². The standard InChI is InChI=1S/C28H25ClFN7O3/c1-16-25-18(7-8-21(33-25)27-32-13-24(35(27)2)37-11-10-22(38)34-28(37)39)15-36(16)14-17-6-9-23(31-12-17)40-26-19(29)4-3-5-20(26)30/h3-9,12-13,16H,10-11,14-15H2,1-2H3,(H,34,38,39)/t16-/m1/s1. The predicted octanol–water partition coefficient (Wildman–Crippen LogP) is 4.99. The lowest BCUT2D eigenvalue weighted by Gasteiger charge is -2.26. The number of imidazole rings is 1. The van der Waals surface area contributed by atoms with Gasteiger partial charge in [0.25, 0.3) is 0 Å². The predicted molar refractivity (Wildman–Crippen MR) is 145 cm³/mol. The highest BCUT2D eigenvalue weighted by Crippen LogP contribution is 2.36. The number of halogens is 2. The van der Waals surface area contributed by atoms with Crippen LogP contribution in [0.15, 0.2) is 54.9 Å². The van der Waals surface area contributed by atoms with Gasteiger partial charge in [0.2, 0.25) is 11.8 Å². The third kappa shape index (κ3) is 4.78. The SMILES string of the molecule is C[C@@H]1c2nc(-c3ncc(N4CCC(=O)NC4=O)n3C)ccc2CN1Cc1ccc(Oc2c(F)cccc2Cl)nc1. The summed E-state index contributed by atoms with van der Waals surface area (Å²) < 4.78 is 21.4. The minimum atomic E-state index is -0.552. The molecule has 5 heterocycles. The zero-order chi connectivity index (χ0) is 28.0. The van der Waals surface area contributed by atoms with Crippen LogP contribution in [0.5, 0.6) is 11.6 Å². The molecule has 12 heteroatoms. The topological polar surface area (TPSA) is 105 Å². The Bertz CT molecular complexity index is 1600. The summed E-state index contributed by atoms with van der Waals surface area (Å²) in [4.78, 5) is 41.4. The number of anilines is 1. The molecule has 40 heavy (non-hydrogen) atoms. The first-order valence-electron chi connectivity index (χ1n) is 12.7. The minimum absolute atomic E-state index is 0.0433. The van der Waals surface area contributed by atoms with Gasteiger partial charge in [0.15, 0.2) is 17.4 Å². The number of benzene rings is 1. The van der Waals surface area contributed by atoms with Crippen LogP contribution in [0.4, 0.5) is 15.0 Å². The molecule has 0 radical (unpaired) electrons. The number of urea groups is 1. The number of para-hydroxylation sites is 1. The average molecular weight is 562 g/mol. The van der Waals surface area contributed by atoms with Gasteiger partial charge in [0.1, 0.15) is 11.5 Å². The second-order valence-corrected chi connectivity index (χ2v) is 10.1. The monoisotopic (exact) mass is 561 g/mol. The summed E-state index contributed by atoms with van der Waals surface area (Å²) in [7, 11) is 1.83. The Balaban J connectivity index is 1.16. The Morgan fingerprint density at radius 3 is 2.73 bits per heavy atom. The second kappa shape index (κ2) is 10.3. The summed E-state index contributed by atoms with van der Waals surface area (Å²) in [5, 5.41) is 2.52. The molecule has 6 rings (SSSR count). The highest BCUT2D eigenvalue weighted by Gasteiger charge is 2.30. The van der Waals surface area contributed by atoms with Crippen molar-refractivity contribution < 1.29 is 18.7 Å². The van der Waals surface area contributed by atoms with Gasteiger partial charge >= 0.3 is 6.03 Å². The zero-order valence-corrected chi connectivity index (χ0v) is 22.5. The fraction of sp³-hybridized carbons (Fsp3) is 0.250. The van der Waals surface area contributed by atoms with Crippen molar-refractivity contribution in [1.82, 2.24) is 29.7 Å². The van der Waals surface area contributed by atoms with E-state index in [9.17, 15) is 14.0 Å². The van der Waals surface area contributed by atoms with E-state index in [-0.39, 0.29) is 35.0 Å². The summed E-state index contributed by atoms with van der Waals surface area (Å²) in [6, 6.07) is 11.5. The van der Waals surface area contributed by atoms with E-state index in [1.165, 1.54) is 17.0 Å². The fourth-order valence-corrected chi connectivity index (χ4v) is 5.20. The van der Waals surface area contributed by atoms with Gasteiger partial charge < -0.3 is 9.30 Å². The lowest BCUT2D eigenvalue weighted by Crippen LogP contribution is -2.50. The summed E-state index contributed by atoms with van der Waals surface area (Å²) in [5.74, 6) is 0.586. The van der Waals surface area contributed by atoms with E-state index in [4.69, 9.17) is 21.3 Å². The molecule has 1 aromatic carbocycles. The molecule has 4 aromatic rings. The minimum Gasteiger partial charge on any atom is -0.434 e. The third-order valence-corrected chi connectivity index (χ3v) is 7.46. The number of nitrogens with zero attached hydrogens (tertiary/aromatic N) is 6. The van der Waals surface area contributed by atoms with Crippen LogP contribution >= 0.6 is 11.6 Å². The number of nitrogens with one attached hydrogen (secondary N) is 1. The molecule has 3 aromatic heterocycles. The number of aromatic nitrogens is 4. The van der Waals surface area contributed by atoms with Crippen LogP contribution in [0.3, 0.4) is 0 Å². The Morgan fingerprint density at radius 1 is 1.12 bits per heavy atom. The van der Waals surface area contributed by atoms with E-state index in [0.717, 1.165) is 23.4 Å². The molecule has 204 valence electrons. The Labute approximate surface area is 234 Å². The second-order valence-electron chi connectivity index (χ2n) is 9.73. The molecule has 10 nitrogen and oxygen atoms in total. The Hall–Kier alpha value is -4.35. The summed E-state index contributed by atoms with van der Waals surface area (Å²) >= 11 is 6.05. The van der Waals surface area contributed by atoms with Crippen molar-refractivity contribution in [3.05, 3.63) is 82.5 Å². The number of ether oxygens (including phenoxy) is 1. The van der Waals surface area contributed by atoms with Crippen molar-refractivity contribution in [3.63, 3.8) is 0 Å². The van der Waals surface area contributed by atoms with Crippen LogP contribution in [0, 0.1) is 5.82 Å². The van der Waals surface area contributed by atoms with Gasteiger partial charge in [-0.2, -0.15) is 0 Å². The number of amides is 3. The molecule has 1 N–H and O–H groups in total. The van der Waals surface area contributed by atoms with Crippen molar-refractivity contribution >= 4 is 29.4 Å². The Morgan fingerprint density at radius 2 is 1.98 bits per heavy atom. The number of carbonyl (C=O) groups excluding carboxylic acids is 2. The van der Waals surface area contributed by atoms with Crippen LogP contribution in [-0.2, 0) is 24.9 Å². The highest BCUT2D eigenvalue weighted by atomic mass is 35.5. The smallest absolute Gasteiger partial charge is 0.329 e. The molecule has 0 unspecified atom stereocenters. The van der Waals surface area contributed by atoms with Gasteiger partial charge in [0.05, 0.1) is 23.0 Å². The summed E-state index contributed by atoms with van der Waals surface area (Å²) in [5.41, 5.74) is 3.76. The molecule has 2 aliphatic rings. The fourth-order valence-electron chi connectivity index (χ4n) is 5.00. The van der Waals surface area contributed by atoms with Crippen molar-refractivity contribution in [2.45, 2.75) is 32.5 Å². The molecule has 0 spiro atoms. The molecule has 1 atom stereocenters. The molecular formula is C28H25ClFN7O3. The van der Waals surface area contributed by atoms with Crippen LogP contribution in [0.25, 0.3) is 11.5 Å². The maximum Gasteiger partial charge on any atom is 0.329 e. The molecule has 0 saturated carbocycles. The molecule has 1 saturated heterocycles. The average Bonchev–Trinajstić information content (AvgIpc) is 3.46. The van der Waals surface area contributed by atoms with Crippen molar-refractivity contribution in [1.29, 1.82) is 0 Å². The number of imide groups is 1. The molecule has 2 aliphatic heterocycles. The van der Waals surface area contributed by atoms with E-state index >= 15 is 0 Å². The van der Waals surface area contributed by atoms with Gasteiger partial charge in [-0.15, -0.1) is 0 Å². The van der Waals surface area contributed by atoms with Crippen LogP contribution in [0.2, 0.25) is 5.02 Å². The van der Waals surface area contributed by atoms with Gasteiger partial charge in [0, 0.05) is 45.4 Å². The van der Waals surface area contributed by atoms with Gasteiger partial charge in [-0.1, -0.05) is 29.8 Å². The van der Waals surface area contributed by atoms with Crippen LogP contribution in [-0.4, -0.2) is 42.9 Å². The zero-order valence-electron chi connectivity index (χ0n) is 21.8. The number of hydrogen-bond donors (Lipinski definition) is 1. The van der Waals surface area contributed by atoms with Gasteiger partial charge in [-0.3, -0.25) is 19.9 Å². The van der Waals surface area contributed by atoms with Gasteiger partial charge in [-0.25, -0.2) is 24.1 Å². The van der Waals surface area contributed by atoms with Crippen molar-refractivity contribution in [2.24, 2.45) is 7.05 Å². The quantitative estimate of drug-likeness (QED) is 0.354. The maximum absolute atomic E-state index is 14.0. The van der Waals surface area contributed by atoms with E-state index in [1.54, 1.807) is 24.5 Å². The number of rotatable bonds is 6. The number of fused-ring (bicyclic) bond motifs is 1. The first kappa shape index (κ1) is 25.9. The number of pyridine rings is 2. The highest BCUT2D eigenvalue weighted by molar-refractivity contribution is 6.32. The van der Waals surface area contributed by atoms with Crippen LogP contribution < -0.4 is 15.0 Å². The van der Waals surface area contributed by atoms with E-state index in [0.29, 0.717) is 30.4 Å². The van der Waals surface area contributed by atoms with Gasteiger partial charge in [-0.05, 0) is 36.2 Å². The van der Waals surface area contributed by atoms with E-state index < -0.39 is 11.8 Å². The lowest BCUT2D eigenvalue weighted by atomic mass is 10.1. The molecular weight excluding hydrogens is 537 g/mol. The Kier molecular flexibility index (Phi) is 6.68. The number of hydrogen-bond acceptors (Lipinski definition) is 7. The first-order valence-corrected chi connectivity index (χ1v) is 13.1. The normalized spacial score (nSPS) is 17.2. The molecule has 0 bridgehead atoms. The first-order chi connectivity index (χ1) is 19.3. The molecule has 1 fully saturated rings. The maximum atomic E-state index is 14.0. The third-order valence-electron chi connectivity index (χ3n) is 7.16. The van der Waals surface area contributed by atoms with Crippen LogP contribution in [0.1, 0.15) is 36.2 Å². The number of carbonyl (C=O) groups is 2.